The molecule has 8 aromatic heterocycles. The van der Waals surface area contributed by atoms with Gasteiger partial charge in [0.25, 0.3) is 0 Å². The Kier molecular flexibility index (Phi) is 18.5. The average molecular weight is 1800 g/mol. The summed E-state index contributed by atoms with van der Waals surface area (Å²) in [4.78, 5) is 0. The molecule has 0 atom stereocenters. The predicted octanol–water partition coefficient (Wildman–Crippen LogP) is 33.2. The molecular weight excluding hydrogens is 1730 g/mol. The van der Waals surface area contributed by atoms with Crippen molar-refractivity contribution in [3.05, 3.63) is 365 Å². The number of rotatable bonds is 8. The van der Waals surface area contributed by atoms with E-state index in [-0.39, 0.29) is 14.9 Å². The molecule has 14 heteroatoms. The van der Waals surface area contributed by atoms with Crippen molar-refractivity contribution in [1.29, 1.82) is 0 Å². The summed E-state index contributed by atoms with van der Waals surface area (Å²) in [6.07, 6.45) is 0. The summed E-state index contributed by atoms with van der Waals surface area (Å²) in [6, 6.07) is 121. The average Bonchev–Trinajstić information content (AvgIpc) is 1.59. The maximum absolute atomic E-state index is 9.56. The fraction of sp³-hybridized carbons (Fsp3) is 0.0182. The maximum Gasteiger partial charge on any atom is 0.488 e. The van der Waals surface area contributed by atoms with E-state index in [4.69, 9.17) is 35.3 Å². The first-order chi connectivity index (χ1) is 59.9. The normalized spacial score (nSPS) is 11.8. The van der Waals surface area contributed by atoms with Gasteiger partial charge in [-0.2, -0.15) is 0 Å². The second-order valence-corrected chi connectivity index (χ2v) is 33.8. The molecule has 0 amide bonds. The van der Waals surface area contributed by atoms with Gasteiger partial charge in [-0.25, -0.2) is 0 Å². The van der Waals surface area contributed by atoms with E-state index in [2.05, 4.69) is 309 Å². The highest BCUT2D eigenvalue weighted by molar-refractivity contribution is 9.11. The van der Waals surface area contributed by atoms with E-state index in [0.717, 1.165) is 256 Å². The molecule has 592 valence electrons. The van der Waals surface area contributed by atoms with Crippen LogP contribution < -0.4 is 5.46 Å². The molecule has 0 fully saturated rings. The molecule has 18 aromatic carbocycles. The summed E-state index contributed by atoms with van der Waals surface area (Å²) >= 11 is 10.1. The molecule has 0 saturated carbocycles. The highest BCUT2D eigenvalue weighted by Crippen LogP contribution is 2.49. The third-order valence-electron chi connectivity index (χ3n) is 23.8. The lowest BCUT2D eigenvalue weighted by Gasteiger charge is -2.12. The number of furan rings is 8. The van der Waals surface area contributed by atoms with Crippen LogP contribution in [0.15, 0.2) is 401 Å². The standard InChI is InChI=1S/C78H42O6.C24H15BO4.C6H3Br3.2CH4/c1-4-10-43(11-5-1)46-16-25-64-58(37-46)55-22-31-70-73(76(55)82-64)61-40-49(19-28-67(61)79-70)52-34-53(50-20-29-68-62(41-50)74-71(80-68)32-23-56-59-38-47(44-12-6-2-7-13-44)17-26-65(59)83-77(56)74)36-54(35-52)51-21-30-69-63(42-51)75-72(81-69)33-24-57-60-39-48(45-14-8-3-9-15-45)18-27-66(60)84-78(57)75;26-25(27)16-7-10-21-19(13-16)23-22(28-21)11-8-17-18-12-15(14-4-2-1-3-5-14)6-9-20(18)29-24(17)23;7-4-1-5(8)3-6(9)2-4;;/h1-42H;1-13,26-27H;1-3H;2*1H4. The largest absolute Gasteiger partial charge is 0.488 e. The van der Waals surface area contributed by atoms with Crippen molar-refractivity contribution in [2.24, 2.45) is 0 Å². The van der Waals surface area contributed by atoms with Gasteiger partial charge < -0.3 is 45.4 Å². The molecule has 0 bridgehead atoms. The van der Waals surface area contributed by atoms with Gasteiger partial charge in [0.2, 0.25) is 0 Å². The van der Waals surface area contributed by atoms with Crippen LogP contribution in [0.4, 0.5) is 0 Å². The van der Waals surface area contributed by atoms with Crippen molar-refractivity contribution < 1.29 is 45.4 Å². The molecule has 26 aromatic rings. The second kappa shape index (κ2) is 30.1. The van der Waals surface area contributed by atoms with Gasteiger partial charge in [-0.15, -0.1) is 0 Å². The molecule has 0 aliphatic heterocycles. The van der Waals surface area contributed by atoms with Crippen LogP contribution in [-0.2, 0) is 0 Å². The topological polar surface area (TPSA) is 146 Å². The second-order valence-electron chi connectivity index (χ2n) is 31.0. The lowest BCUT2D eigenvalue weighted by atomic mass is 9.80. The molecule has 2 N–H and O–H groups in total. The van der Waals surface area contributed by atoms with Crippen LogP contribution >= 0.6 is 47.8 Å². The summed E-state index contributed by atoms with van der Waals surface area (Å²) in [5.41, 5.74) is 28.4. The van der Waals surface area contributed by atoms with Crippen molar-refractivity contribution in [2.75, 3.05) is 0 Å². The highest BCUT2D eigenvalue weighted by atomic mass is 79.9. The molecule has 124 heavy (non-hydrogen) atoms. The van der Waals surface area contributed by atoms with Crippen molar-refractivity contribution in [1.82, 2.24) is 0 Å². The summed E-state index contributed by atoms with van der Waals surface area (Å²) in [5, 5.41) is 35.0. The molecular formula is C110H68BBr3O10. The summed E-state index contributed by atoms with van der Waals surface area (Å²) in [5.74, 6) is 0. The van der Waals surface area contributed by atoms with Crippen LogP contribution in [0.3, 0.4) is 0 Å². The number of hydrogen-bond acceptors (Lipinski definition) is 10. The van der Waals surface area contributed by atoms with Crippen LogP contribution in [-0.4, -0.2) is 17.2 Å². The number of benzene rings is 18. The Morgan fingerprint density at radius 2 is 0.379 bits per heavy atom. The summed E-state index contributed by atoms with van der Waals surface area (Å²) in [6.45, 7) is 0. The first-order valence-corrected chi connectivity index (χ1v) is 42.4. The minimum atomic E-state index is -1.53. The predicted molar refractivity (Wildman–Crippen MR) is 522 cm³/mol. The monoisotopic (exact) mass is 1800 g/mol. The highest BCUT2D eigenvalue weighted by Gasteiger charge is 2.25. The zero-order valence-electron chi connectivity index (χ0n) is 64.4. The van der Waals surface area contributed by atoms with E-state index in [0.29, 0.717) is 16.6 Å². The third-order valence-corrected chi connectivity index (χ3v) is 25.2. The van der Waals surface area contributed by atoms with Crippen LogP contribution in [0.2, 0.25) is 0 Å². The number of hydrogen-bond donors (Lipinski definition) is 2. The van der Waals surface area contributed by atoms with Crippen molar-refractivity contribution in [3.8, 4) is 77.9 Å². The fourth-order valence-corrected chi connectivity index (χ4v) is 20.4. The molecule has 0 saturated heterocycles. The Morgan fingerprint density at radius 1 is 0.169 bits per heavy atom. The summed E-state index contributed by atoms with van der Waals surface area (Å²) in [7, 11) is -1.53. The molecule has 0 radical (unpaired) electrons. The molecule has 0 unspecified atom stereocenters. The molecule has 0 aliphatic rings. The zero-order chi connectivity index (χ0) is 81.1. The first-order valence-electron chi connectivity index (χ1n) is 40.0. The van der Waals surface area contributed by atoms with Crippen molar-refractivity contribution in [3.63, 3.8) is 0 Å². The van der Waals surface area contributed by atoms with Gasteiger partial charge in [-0.3, -0.25) is 0 Å². The van der Waals surface area contributed by atoms with E-state index in [1.165, 1.54) is 0 Å². The third kappa shape index (κ3) is 12.8. The Labute approximate surface area is 733 Å². The van der Waals surface area contributed by atoms with Crippen molar-refractivity contribution in [2.45, 2.75) is 14.9 Å². The maximum atomic E-state index is 9.56. The van der Waals surface area contributed by atoms with Gasteiger partial charge in [0.05, 0.1) is 21.5 Å². The first kappa shape index (κ1) is 76.0. The lowest BCUT2D eigenvalue weighted by molar-refractivity contribution is 0.426. The van der Waals surface area contributed by atoms with E-state index in [1.54, 1.807) is 18.2 Å². The SMILES string of the molecule is Brc1cc(Br)cc(Br)c1.C.C.OB(O)c1ccc2oc3ccc4c5cc(-c6ccccc6)ccc5oc4c3c2c1.c1ccc(-c2ccc3oc4c(ccc5oc6ccc(-c7cc(-c8ccc9oc%10ccc%11c%12cc(-c%13ccccc%13)ccc%12oc%11c%10c9c8)cc(-c8ccc9oc%10ccc%11c%12cc(-c%13ccccc%13)ccc%12oc%11c%10c9c8)c7)cc6c54)c3c2)cc1. The molecule has 26 rings (SSSR count). The quantitative estimate of drug-likeness (QED) is 0.141. The smallest absolute Gasteiger partial charge is 0.456 e. The van der Waals surface area contributed by atoms with E-state index < -0.39 is 7.12 Å². The van der Waals surface area contributed by atoms with Crippen molar-refractivity contribution >= 4 is 236 Å². The number of fused-ring (bicyclic) bond motifs is 28. The van der Waals surface area contributed by atoms with Gasteiger partial charge in [0, 0.05) is 78.1 Å². The van der Waals surface area contributed by atoms with Gasteiger partial charge in [0.15, 0.2) is 0 Å². The van der Waals surface area contributed by atoms with Gasteiger partial charge in [0.1, 0.15) is 89.3 Å². The molecule has 10 nitrogen and oxygen atoms in total. The van der Waals surface area contributed by atoms with E-state index in [1.807, 2.05) is 72.8 Å². The Hall–Kier alpha value is -14.2. The van der Waals surface area contributed by atoms with Gasteiger partial charge >= 0.3 is 7.12 Å². The van der Waals surface area contributed by atoms with Crippen LogP contribution in [0.25, 0.3) is 253 Å². The molecule has 0 aliphatic carbocycles. The van der Waals surface area contributed by atoms with Crippen LogP contribution in [0.5, 0.6) is 0 Å². The van der Waals surface area contributed by atoms with Gasteiger partial charge in [-0.1, -0.05) is 239 Å². The minimum absolute atomic E-state index is 0. The molecule has 8 heterocycles. The van der Waals surface area contributed by atoms with E-state index in [9.17, 15) is 10.0 Å². The summed E-state index contributed by atoms with van der Waals surface area (Å²) < 4.78 is 55.6. The van der Waals surface area contributed by atoms with Gasteiger partial charge in [-0.05, 0) is 259 Å². The zero-order valence-corrected chi connectivity index (χ0v) is 69.1. The van der Waals surface area contributed by atoms with Crippen LogP contribution in [0, 0.1) is 0 Å². The van der Waals surface area contributed by atoms with Crippen LogP contribution in [0.1, 0.15) is 14.9 Å². The lowest BCUT2D eigenvalue weighted by Crippen LogP contribution is -2.29. The fourth-order valence-electron chi connectivity index (χ4n) is 18.0. The minimum Gasteiger partial charge on any atom is -0.456 e. The Morgan fingerprint density at radius 3 is 0.629 bits per heavy atom. The Balaban J connectivity index is 0.000000188. The van der Waals surface area contributed by atoms with E-state index >= 15 is 0 Å². The number of halogens is 3. The molecule has 0 spiro atoms. The Bertz CT molecular complexity index is 8140.